The van der Waals surface area contributed by atoms with Crippen LogP contribution in [0.15, 0.2) is 0 Å². The van der Waals surface area contributed by atoms with Gasteiger partial charge in [-0.2, -0.15) is 0 Å². The Labute approximate surface area is 134 Å². The van der Waals surface area contributed by atoms with Crippen molar-refractivity contribution in [3.63, 3.8) is 0 Å². The zero-order valence-electron chi connectivity index (χ0n) is 13.8. The number of aliphatic carboxylic acids is 1. The third kappa shape index (κ3) is 4.67. The average Bonchev–Trinajstić information content (AvgIpc) is 2.45. The molecule has 4 unspecified atom stereocenters. The second-order valence-electron chi connectivity index (χ2n) is 6.11. The van der Waals surface area contributed by atoms with Gasteiger partial charge in [0.15, 0.2) is 6.10 Å². The van der Waals surface area contributed by atoms with Crippen molar-refractivity contribution >= 4 is 23.8 Å². The number of cyclic esters (lactones) is 1. The molecular formula is C15H24N2O6. The summed E-state index contributed by atoms with van der Waals surface area (Å²) in [6.07, 6.45) is -0.294. The smallest absolute Gasteiger partial charge is 0.326 e. The van der Waals surface area contributed by atoms with Gasteiger partial charge in [0.2, 0.25) is 5.91 Å². The van der Waals surface area contributed by atoms with Crippen molar-refractivity contribution in [2.45, 2.75) is 46.3 Å². The number of ether oxygens (including phenoxy) is 1. The van der Waals surface area contributed by atoms with E-state index in [0.717, 1.165) is 0 Å². The second-order valence-corrected chi connectivity index (χ2v) is 6.11. The zero-order chi connectivity index (χ0) is 17.7. The molecule has 0 aromatic heterocycles. The van der Waals surface area contributed by atoms with E-state index in [9.17, 15) is 19.2 Å². The molecule has 8 heteroatoms. The Hall–Kier alpha value is -2.12. The highest BCUT2D eigenvalue weighted by atomic mass is 16.6. The highest BCUT2D eigenvalue weighted by Gasteiger charge is 2.48. The quantitative estimate of drug-likeness (QED) is 0.536. The molecule has 23 heavy (non-hydrogen) atoms. The van der Waals surface area contributed by atoms with Crippen molar-refractivity contribution in [1.82, 2.24) is 10.6 Å². The van der Waals surface area contributed by atoms with Crippen molar-refractivity contribution < 1.29 is 29.0 Å². The fourth-order valence-electron chi connectivity index (χ4n) is 2.34. The number of esters is 1. The summed E-state index contributed by atoms with van der Waals surface area (Å²) in [6, 6.07) is -1.01. The minimum Gasteiger partial charge on any atom is -0.480 e. The summed E-state index contributed by atoms with van der Waals surface area (Å²) in [4.78, 5) is 46.1. The lowest BCUT2D eigenvalue weighted by molar-refractivity contribution is -0.192. The van der Waals surface area contributed by atoms with Crippen LogP contribution in [-0.4, -0.2) is 47.6 Å². The van der Waals surface area contributed by atoms with Gasteiger partial charge in [-0.15, -0.1) is 0 Å². The van der Waals surface area contributed by atoms with Gasteiger partial charge in [0.25, 0.3) is 5.91 Å². The molecule has 3 N–H and O–H groups in total. The van der Waals surface area contributed by atoms with Gasteiger partial charge in [0.05, 0.1) is 6.54 Å². The molecule has 0 saturated carbocycles. The third-order valence-electron chi connectivity index (χ3n) is 4.04. The molecule has 0 bridgehead atoms. The van der Waals surface area contributed by atoms with Gasteiger partial charge in [-0.3, -0.25) is 14.4 Å². The van der Waals surface area contributed by atoms with Crippen LogP contribution in [0.3, 0.4) is 0 Å². The molecule has 8 nitrogen and oxygen atoms in total. The number of carboxylic acid groups (broad SMARTS) is 1. The largest absolute Gasteiger partial charge is 0.480 e. The number of hydrogen-bond acceptors (Lipinski definition) is 5. The molecule has 130 valence electrons. The maximum absolute atomic E-state index is 11.9. The zero-order valence-corrected chi connectivity index (χ0v) is 13.8. The maximum atomic E-state index is 11.9. The van der Waals surface area contributed by atoms with Crippen LogP contribution >= 0.6 is 0 Å². The normalized spacial score (nSPS) is 22.6. The lowest BCUT2D eigenvalue weighted by Crippen LogP contribution is -2.57. The third-order valence-corrected chi connectivity index (χ3v) is 4.04. The van der Waals surface area contributed by atoms with Crippen LogP contribution in [0.4, 0.5) is 0 Å². The Morgan fingerprint density at radius 3 is 2.30 bits per heavy atom. The number of hydrogen-bond donors (Lipinski definition) is 3. The van der Waals surface area contributed by atoms with Gasteiger partial charge in [0, 0.05) is 0 Å². The first-order valence-electron chi connectivity index (χ1n) is 7.69. The van der Waals surface area contributed by atoms with E-state index in [2.05, 4.69) is 10.6 Å². The molecule has 1 fully saturated rings. The minimum atomic E-state index is -1.12. The summed E-state index contributed by atoms with van der Waals surface area (Å²) in [7, 11) is 0. The van der Waals surface area contributed by atoms with Gasteiger partial charge >= 0.3 is 11.9 Å². The number of carbonyl (C=O) groups is 4. The molecular weight excluding hydrogens is 304 g/mol. The Bertz CT molecular complexity index is 490. The molecule has 1 rings (SSSR count). The highest BCUT2D eigenvalue weighted by molar-refractivity contribution is 5.96. The Morgan fingerprint density at radius 2 is 1.87 bits per heavy atom. The predicted octanol–water partition coefficient (Wildman–Crippen LogP) is -0.0843. The summed E-state index contributed by atoms with van der Waals surface area (Å²) in [5.41, 5.74) is 0. The molecule has 0 aliphatic carbocycles. The van der Waals surface area contributed by atoms with Gasteiger partial charge < -0.3 is 20.5 Å². The van der Waals surface area contributed by atoms with E-state index in [1.807, 2.05) is 20.8 Å². The van der Waals surface area contributed by atoms with Crippen LogP contribution in [0, 0.1) is 17.8 Å². The van der Waals surface area contributed by atoms with Crippen LogP contribution in [0.25, 0.3) is 0 Å². The molecule has 1 heterocycles. The first kappa shape index (κ1) is 18.9. The van der Waals surface area contributed by atoms with Crippen LogP contribution in [0.5, 0.6) is 0 Å². The van der Waals surface area contributed by atoms with Gasteiger partial charge in [-0.1, -0.05) is 34.1 Å². The second kappa shape index (κ2) is 7.94. The standard InChI is InChI=1S/C15H24N2O6/c1-5-8(4)11(14(20)21)17-9(18)6-16-13(19)12-10(7(2)3)15(22)23-12/h7-8,10-12H,5-6H2,1-4H3,(H,16,19)(H,17,18)(H,20,21). The Morgan fingerprint density at radius 1 is 1.26 bits per heavy atom. The van der Waals surface area contributed by atoms with Crippen molar-refractivity contribution in [3.05, 3.63) is 0 Å². The van der Waals surface area contributed by atoms with E-state index < -0.39 is 41.8 Å². The number of carbonyl (C=O) groups excluding carboxylic acids is 3. The summed E-state index contributed by atoms with van der Waals surface area (Å²) in [5, 5.41) is 13.9. The number of carboxylic acids is 1. The summed E-state index contributed by atoms with van der Waals surface area (Å²) in [5.74, 6) is -3.47. The van der Waals surface area contributed by atoms with E-state index in [0.29, 0.717) is 6.42 Å². The van der Waals surface area contributed by atoms with Crippen LogP contribution in [-0.2, 0) is 23.9 Å². The van der Waals surface area contributed by atoms with Crippen molar-refractivity contribution in [2.75, 3.05) is 6.54 Å². The van der Waals surface area contributed by atoms with Crippen LogP contribution in [0.1, 0.15) is 34.1 Å². The van der Waals surface area contributed by atoms with E-state index in [4.69, 9.17) is 9.84 Å². The Kier molecular flexibility index (Phi) is 6.53. The van der Waals surface area contributed by atoms with Crippen molar-refractivity contribution in [1.29, 1.82) is 0 Å². The topological polar surface area (TPSA) is 122 Å². The molecule has 0 aromatic rings. The van der Waals surface area contributed by atoms with Gasteiger partial charge in [0.1, 0.15) is 12.0 Å². The van der Waals surface area contributed by atoms with Gasteiger partial charge in [-0.05, 0) is 11.8 Å². The number of nitrogens with one attached hydrogen (secondary N) is 2. The fraction of sp³-hybridized carbons (Fsp3) is 0.733. The van der Waals surface area contributed by atoms with Crippen LogP contribution in [0.2, 0.25) is 0 Å². The molecule has 1 saturated heterocycles. The minimum absolute atomic E-state index is 0.0392. The van der Waals surface area contributed by atoms with E-state index in [1.54, 1.807) is 6.92 Å². The maximum Gasteiger partial charge on any atom is 0.326 e. The molecule has 0 aromatic carbocycles. The average molecular weight is 328 g/mol. The van der Waals surface area contributed by atoms with E-state index in [-0.39, 0.29) is 18.4 Å². The fourth-order valence-corrected chi connectivity index (χ4v) is 2.34. The van der Waals surface area contributed by atoms with Gasteiger partial charge in [-0.25, -0.2) is 4.79 Å². The first-order chi connectivity index (χ1) is 10.7. The molecule has 2 amide bonds. The molecule has 1 aliphatic heterocycles. The van der Waals surface area contributed by atoms with E-state index >= 15 is 0 Å². The molecule has 0 spiro atoms. The molecule has 4 atom stereocenters. The number of rotatable bonds is 8. The highest BCUT2D eigenvalue weighted by Crippen LogP contribution is 2.29. The SMILES string of the molecule is CCC(C)C(NC(=O)CNC(=O)C1OC(=O)C1C(C)C)C(=O)O. The number of amides is 2. The van der Waals surface area contributed by atoms with E-state index in [1.165, 1.54) is 0 Å². The van der Waals surface area contributed by atoms with Crippen molar-refractivity contribution in [3.8, 4) is 0 Å². The summed E-state index contributed by atoms with van der Waals surface area (Å²) < 4.78 is 4.81. The molecule has 0 radical (unpaired) electrons. The first-order valence-corrected chi connectivity index (χ1v) is 7.69. The van der Waals surface area contributed by atoms with Crippen LogP contribution < -0.4 is 10.6 Å². The summed E-state index contributed by atoms with van der Waals surface area (Å²) in [6.45, 7) is 6.80. The summed E-state index contributed by atoms with van der Waals surface area (Å²) >= 11 is 0. The Balaban J connectivity index is 2.48. The predicted molar refractivity (Wildman–Crippen MR) is 80.2 cm³/mol. The van der Waals surface area contributed by atoms with Crippen molar-refractivity contribution in [2.24, 2.45) is 17.8 Å². The monoisotopic (exact) mass is 328 g/mol. The lowest BCUT2D eigenvalue weighted by atomic mass is 9.85. The lowest BCUT2D eigenvalue weighted by Gasteiger charge is -2.36. The molecule has 1 aliphatic rings.